The second-order valence-corrected chi connectivity index (χ2v) is 4.15. The van der Waals surface area contributed by atoms with Gasteiger partial charge in [0.25, 0.3) is 0 Å². The van der Waals surface area contributed by atoms with Gasteiger partial charge in [-0.25, -0.2) is 0 Å². The molecule has 1 aliphatic heterocycles. The molecule has 1 aliphatic rings. The molecule has 2 atom stereocenters. The van der Waals surface area contributed by atoms with Gasteiger partial charge in [0.1, 0.15) is 0 Å². The van der Waals surface area contributed by atoms with Gasteiger partial charge in [-0.05, 0) is 26.2 Å². The molecule has 0 aliphatic carbocycles. The first-order valence-corrected chi connectivity index (χ1v) is 5.45. The summed E-state index contributed by atoms with van der Waals surface area (Å²) in [5, 5.41) is 0. The summed E-state index contributed by atoms with van der Waals surface area (Å²) in [6, 6.07) is 1.01. The lowest BCUT2D eigenvalue weighted by Gasteiger charge is -2.27. The topological polar surface area (TPSA) is 20.3 Å². The van der Waals surface area contributed by atoms with E-state index in [1.807, 2.05) is 0 Å². The van der Waals surface area contributed by atoms with Gasteiger partial charge in [-0.15, -0.1) is 0 Å². The molecule has 0 N–H and O–H groups in total. The van der Waals surface area contributed by atoms with Crippen LogP contribution in [-0.2, 0) is 4.79 Å². The van der Waals surface area contributed by atoms with E-state index in [0.717, 1.165) is 0 Å². The SMILES string of the molecule is CCCCC1CCC(C)N1C(C)=O. The van der Waals surface area contributed by atoms with Gasteiger partial charge < -0.3 is 4.90 Å². The van der Waals surface area contributed by atoms with E-state index in [4.69, 9.17) is 0 Å². The van der Waals surface area contributed by atoms with Crippen molar-refractivity contribution >= 4 is 5.91 Å². The summed E-state index contributed by atoms with van der Waals surface area (Å²) in [5.41, 5.74) is 0. The number of hydrogen-bond donors (Lipinski definition) is 0. The van der Waals surface area contributed by atoms with Crippen LogP contribution in [0.4, 0.5) is 0 Å². The summed E-state index contributed by atoms with van der Waals surface area (Å²) in [6.07, 6.45) is 6.08. The Kier molecular flexibility index (Phi) is 3.76. The molecule has 1 heterocycles. The maximum Gasteiger partial charge on any atom is 0.219 e. The Bertz CT molecular complexity index is 179. The van der Waals surface area contributed by atoms with Crippen molar-refractivity contribution in [3.05, 3.63) is 0 Å². The van der Waals surface area contributed by atoms with Gasteiger partial charge in [0.05, 0.1) is 0 Å². The number of rotatable bonds is 3. The fraction of sp³-hybridized carbons (Fsp3) is 0.909. The maximum absolute atomic E-state index is 11.4. The highest BCUT2D eigenvalue weighted by atomic mass is 16.2. The zero-order chi connectivity index (χ0) is 9.84. The molecule has 0 bridgehead atoms. The predicted octanol–water partition coefficient (Wildman–Crippen LogP) is 2.58. The minimum absolute atomic E-state index is 0.256. The normalized spacial score (nSPS) is 28.1. The second-order valence-electron chi connectivity index (χ2n) is 4.15. The molecule has 0 saturated carbocycles. The van der Waals surface area contributed by atoms with Crippen LogP contribution >= 0.6 is 0 Å². The Labute approximate surface area is 81.3 Å². The average molecular weight is 183 g/mol. The first kappa shape index (κ1) is 10.6. The minimum Gasteiger partial charge on any atom is -0.337 e. The van der Waals surface area contributed by atoms with E-state index >= 15 is 0 Å². The Morgan fingerprint density at radius 2 is 2.15 bits per heavy atom. The quantitative estimate of drug-likeness (QED) is 0.658. The number of amides is 1. The van der Waals surface area contributed by atoms with Gasteiger partial charge in [-0.2, -0.15) is 0 Å². The monoisotopic (exact) mass is 183 g/mol. The fourth-order valence-corrected chi connectivity index (χ4v) is 2.36. The zero-order valence-electron chi connectivity index (χ0n) is 9.05. The third-order valence-corrected chi connectivity index (χ3v) is 3.04. The molecular weight excluding hydrogens is 162 g/mol. The largest absolute Gasteiger partial charge is 0.337 e. The molecule has 2 heteroatoms. The Hall–Kier alpha value is -0.530. The number of hydrogen-bond acceptors (Lipinski definition) is 1. The highest BCUT2D eigenvalue weighted by molar-refractivity contribution is 5.74. The number of carbonyl (C=O) groups is 1. The molecule has 0 spiro atoms. The third kappa shape index (κ3) is 2.45. The molecule has 2 unspecified atom stereocenters. The van der Waals surface area contributed by atoms with E-state index in [-0.39, 0.29) is 5.91 Å². The number of nitrogens with zero attached hydrogens (tertiary/aromatic N) is 1. The molecule has 0 aromatic rings. The van der Waals surface area contributed by atoms with Crippen molar-refractivity contribution in [1.82, 2.24) is 4.90 Å². The van der Waals surface area contributed by atoms with E-state index in [0.29, 0.717) is 12.1 Å². The highest BCUT2D eigenvalue weighted by Gasteiger charge is 2.31. The lowest BCUT2D eigenvalue weighted by atomic mass is 10.1. The van der Waals surface area contributed by atoms with Crippen LogP contribution in [-0.4, -0.2) is 22.9 Å². The Morgan fingerprint density at radius 3 is 2.69 bits per heavy atom. The van der Waals surface area contributed by atoms with Gasteiger partial charge in [0.15, 0.2) is 0 Å². The zero-order valence-corrected chi connectivity index (χ0v) is 9.05. The predicted molar refractivity (Wildman–Crippen MR) is 54.5 cm³/mol. The van der Waals surface area contributed by atoms with Crippen LogP contribution in [0.2, 0.25) is 0 Å². The summed E-state index contributed by atoms with van der Waals surface area (Å²) >= 11 is 0. The summed E-state index contributed by atoms with van der Waals surface area (Å²) in [7, 11) is 0. The minimum atomic E-state index is 0.256. The van der Waals surface area contributed by atoms with E-state index in [1.54, 1.807) is 6.92 Å². The first-order chi connectivity index (χ1) is 6.16. The van der Waals surface area contributed by atoms with Crippen molar-refractivity contribution in [3.63, 3.8) is 0 Å². The van der Waals surface area contributed by atoms with E-state index in [2.05, 4.69) is 18.7 Å². The van der Waals surface area contributed by atoms with Crippen molar-refractivity contribution < 1.29 is 4.79 Å². The summed E-state index contributed by atoms with van der Waals surface area (Å²) < 4.78 is 0. The smallest absolute Gasteiger partial charge is 0.219 e. The molecule has 1 fully saturated rings. The molecule has 0 aromatic heterocycles. The van der Waals surface area contributed by atoms with E-state index in [9.17, 15) is 4.79 Å². The summed E-state index contributed by atoms with van der Waals surface area (Å²) in [4.78, 5) is 13.4. The molecule has 1 saturated heterocycles. The fourth-order valence-electron chi connectivity index (χ4n) is 2.36. The Morgan fingerprint density at radius 1 is 1.46 bits per heavy atom. The van der Waals surface area contributed by atoms with Gasteiger partial charge in [0, 0.05) is 19.0 Å². The van der Waals surface area contributed by atoms with E-state index in [1.165, 1.54) is 32.1 Å². The molecule has 1 rings (SSSR count). The maximum atomic E-state index is 11.4. The van der Waals surface area contributed by atoms with Crippen LogP contribution in [0, 0.1) is 0 Å². The third-order valence-electron chi connectivity index (χ3n) is 3.04. The van der Waals surface area contributed by atoms with Crippen molar-refractivity contribution in [3.8, 4) is 0 Å². The second kappa shape index (κ2) is 4.64. The molecule has 0 aromatic carbocycles. The highest BCUT2D eigenvalue weighted by Crippen LogP contribution is 2.27. The van der Waals surface area contributed by atoms with Crippen LogP contribution in [0.1, 0.15) is 52.9 Å². The molecule has 0 radical (unpaired) electrons. The Balaban J connectivity index is 2.49. The van der Waals surface area contributed by atoms with Crippen LogP contribution in [0.5, 0.6) is 0 Å². The summed E-state index contributed by atoms with van der Waals surface area (Å²) in [5.74, 6) is 0.256. The number of unbranched alkanes of at least 4 members (excludes halogenated alkanes) is 1. The van der Waals surface area contributed by atoms with E-state index < -0.39 is 0 Å². The van der Waals surface area contributed by atoms with Gasteiger partial charge in [-0.1, -0.05) is 19.8 Å². The summed E-state index contributed by atoms with van der Waals surface area (Å²) in [6.45, 7) is 6.06. The van der Waals surface area contributed by atoms with Crippen molar-refractivity contribution in [2.75, 3.05) is 0 Å². The van der Waals surface area contributed by atoms with Crippen LogP contribution in [0.25, 0.3) is 0 Å². The number of carbonyl (C=O) groups excluding carboxylic acids is 1. The van der Waals surface area contributed by atoms with Crippen molar-refractivity contribution in [1.29, 1.82) is 0 Å². The molecule has 76 valence electrons. The standard InChI is InChI=1S/C11H21NO/c1-4-5-6-11-8-7-9(2)12(11)10(3)13/h9,11H,4-8H2,1-3H3. The van der Waals surface area contributed by atoms with Gasteiger partial charge in [-0.3, -0.25) is 4.79 Å². The molecular formula is C11H21NO. The average Bonchev–Trinajstić information content (AvgIpc) is 2.43. The molecule has 1 amide bonds. The van der Waals surface area contributed by atoms with Gasteiger partial charge >= 0.3 is 0 Å². The lowest BCUT2D eigenvalue weighted by Crippen LogP contribution is -2.38. The van der Waals surface area contributed by atoms with Crippen LogP contribution in [0.3, 0.4) is 0 Å². The van der Waals surface area contributed by atoms with Crippen LogP contribution < -0.4 is 0 Å². The number of likely N-dealkylation sites (tertiary alicyclic amines) is 1. The van der Waals surface area contributed by atoms with Crippen LogP contribution in [0.15, 0.2) is 0 Å². The molecule has 13 heavy (non-hydrogen) atoms. The van der Waals surface area contributed by atoms with Crippen molar-refractivity contribution in [2.24, 2.45) is 0 Å². The lowest BCUT2D eigenvalue weighted by molar-refractivity contribution is -0.131. The van der Waals surface area contributed by atoms with Gasteiger partial charge in [0.2, 0.25) is 5.91 Å². The molecule has 2 nitrogen and oxygen atoms in total. The first-order valence-electron chi connectivity index (χ1n) is 5.45. The van der Waals surface area contributed by atoms with Crippen molar-refractivity contribution in [2.45, 2.75) is 65.0 Å².